The molecule has 0 saturated heterocycles. The number of amides is 1. The van der Waals surface area contributed by atoms with Gasteiger partial charge in [-0.25, -0.2) is 4.39 Å². The van der Waals surface area contributed by atoms with Gasteiger partial charge in [0.2, 0.25) is 5.91 Å². The molecule has 108 valence electrons. The molecule has 2 aromatic rings. The van der Waals surface area contributed by atoms with Gasteiger partial charge in [-0.05, 0) is 23.8 Å². The van der Waals surface area contributed by atoms with Gasteiger partial charge in [0.1, 0.15) is 11.6 Å². The molecule has 0 atom stereocenters. The van der Waals surface area contributed by atoms with Crippen LogP contribution in [-0.4, -0.2) is 15.9 Å². The molecule has 0 heterocycles. The summed E-state index contributed by atoms with van der Waals surface area (Å²) in [7, 11) is 0. The molecule has 0 spiro atoms. The smallest absolute Gasteiger partial charge is 0.271 e. The lowest BCUT2D eigenvalue weighted by molar-refractivity contribution is -0.384. The monoisotopic (exact) mass is 290 g/mol. The van der Waals surface area contributed by atoms with Gasteiger partial charge in [-0.15, -0.1) is 0 Å². The van der Waals surface area contributed by atoms with Crippen molar-refractivity contribution in [2.75, 3.05) is 5.32 Å². The van der Waals surface area contributed by atoms with Crippen molar-refractivity contribution in [2.45, 2.75) is 6.42 Å². The number of nitro groups is 1. The number of halogens is 1. The first-order valence-electron chi connectivity index (χ1n) is 5.97. The molecule has 0 fully saturated rings. The van der Waals surface area contributed by atoms with E-state index in [1.54, 1.807) is 6.07 Å². The van der Waals surface area contributed by atoms with Crippen molar-refractivity contribution in [3.05, 3.63) is 64.0 Å². The molecule has 0 saturated carbocycles. The maximum atomic E-state index is 13.0. The minimum Gasteiger partial charge on any atom is -0.506 e. The molecule has 0 aliphatic carbocycles. The van der Waals surface area contributed by atoms with Crippen LogP contribution in [0.25, 0.3) is 0 Å². The maximum Gasteiger partial charge on any atom is 0.271 e. The zero-order chi connectivity index (χ0) is 15.4. The number of aromatic hydroxyl groups is 1. The Labute approximate surface area is 119 Å². The van der Waals surface area contributed by atoms with Gasteiger partial charge in [-0.1, -0.05) is 12.1 Å². The van der Waals surface area contributed by atoms with Gasteiger partial charge in [0, 0.05) is 12.1 Å². The second-order valence-electron chi connectivity index (χ2n) is 4.31. The fourth-order valence-corrected chi connectivity index (χ4v) is 1.76. The molecule has 1 amide bonds. The number of benzene rings is 2. The second kappa shape index (κ2) is 6.00. The van der Waals surface area contributed by atoms with Crippen molar-refractivity contribution >= 4 is 17.3 Å². The molecule has 2 N–H and O–H groups in total. The molecule has 0 unspecified atom stereocenters. The number of nitro benzene ring substituents is 1. The molecule has 2 aromatic carbocycles. The van der Waals surface area contributed by atoms with Gasteiger partial charge in [0.15, 0.2) is 0 Å². The van der Waals surface area contributed by atoms with Crippen LogP contribution in [0.1, 0.15) is 5.56 Å². The SMILES string of the molecule is O=C(Cc1cccc(F)c1)Nc1cc([N+](=O)[O-])ccc1O. The average Bonchev–Trinajstić information content (AvgIpc) is 2.41. The quantitative estimate of drug-likeness (QED) is 0.514. The van der Waals surface area contributed by atoms with Crippen molar-refractivity contribution in [1.82, 2.24) is 0 Å². The first-order valence-corrected chi connectivity index (χ1v) is 5.97. The number of nitrogens with zero attached hydrogens (tertiary/aromatic N) is 1. The third kappa shape index (κ3) is 3.75. The van der Waals surface area contributed by atoms with Crippen LogP contribution in [-0.2, 0) is 11.2 Å². The Bertz CT molecular complexity index is 703. The van der Waals surface area contributed by atoms with Crippen LogP contribution in [0.15, 0.2) is 42.5 Å². The zero-order valence-corrected chi connectivity index (χ0v) is 10.7. The van der Waals surface area contributed by atoms with Crippen LogP contribution in [0.2, 0.25) is 0 Å². The van der Waals surface area contributed by atoms with Gasteiger partial charge in [-0.3, -0.25) is 14.9 Å². The minimum atomic E-state index is -0.637. The van der Waals surface area contributed by atoms with E-state index < -0.39 is 16.6 Å². The van der Waals surface area contributed by atoms with Crippen LogP contribution < -0.4 is 5.32 Å². The first-order chi connectivity index (χ1) is 9.95. The van der Waals surface area contributed by atoms with Crippen molar-refractivity contribution in [1.29, 1.82) is 0 Å². The number of nitrogens with one attached hydrogen (secondary N) is 1. The van der Waals surface area contributed by atoms with Crippen LogP contribution in [0.4, 0.5) is 15.8 Å². The number of phenolic OH excluding ortho intramolecular Hbond substituents is 1. The van der Waals surface area contributed by atoms with Gasteiger partial charge >= 0.3 is 0 Å². The topological polar surface area (TPSA) is 92.5 Å². The fourth-order valence-electron chi connectivity index (χ4n) is 1.76. The standard InChI is InChI=1S/C14H11FN2O4/c15-10-3-1-2-9(6-10)7-14(19)16-12-8-11(17(20)21)4-5-13(12)18/h1-6,8,18H,7H2,(H,16,19). The number of phenols is 1. The molecule has 0 bridgehead atoms. The lowest BCUT2D eigenvalue weighted by atomic mass is 10.1. The van der Waals surface area contributed by atoms with E-state index in [1.807, 2.05) is 0 Å². The fraction of sp³-hybridized carbons (Fsp3) is 0.0714. The first kappa shape index (κ1) is 14.4. The van der Waals surface area contributed by atoms with Gasteiger partial charge in [-0.2, -0.15) is 0 Å². The van der Waals surface area contributed by atoms with E-state index in [9.17, 15) is 24.4 Å². The summed E-state index contributed by atoms with van der Waals surface area (Å²) < 4.78 is 13.0. The molecular weight excluding hydrogens is 279 g/mol. The van der Waals surface area contributed by atoms with E-state index in [-0.39, 0.29) is 23.5 Å². The largest absolute Gasteiger partial charge is 0.506 e. The molecular formula is C14H11FN2O4. The lowest BCUT2D eigenvalue weighted by Gasteiger charge is -2.07. The summed E-state index contributed by atoms with van der Waals surface area (Å²) in [6.45, 7) is 0. The number of non-ortho nitro benzene ring substituents is 1. The van der Waals surface area contributed by atoms with Gasteiger partial charge < -0.3 is 10.4 Å². The number of rotatable bonds is 4. The van der Waals surface area contributed by atoms with Crippen LogP contribution in [0, 0.1) is 15.9 Å². The Morgan fingerprint density at radius 3 is 2.71 bits per heavy atom. The Balaban J connectivity index is 2.12. The summed E-state index contributed by atoms with van der Waals surface area (Å²) in [5.74, 6) is -1.26. The molecule has 7 heteroatoms. The maximum absolute atomic E-state index is 13.0. The highest BCUT2D eigenvalue weighted by atomic mass is 19.1. The Morgan fingerprint density at radius 2 is 2.05 bits per heavy atom. The zero-order valence-electron chi connectivity index (χ0n) is 10.7. The van der Waals surface area contributed by atoms with Gasteiger partial charge in [0.05, 0.1) is 17.0 Å². The molecule has 0 aromatic heterocycles. The van der Waals surface area contributed by atoms with E-state index in [2.05, 4.69) is 5.32 Å². The summed E-state index contributed by atoms with van der Waals surface area (Å²) in [4.78, 5) is 21.8. The normalized spacial score (nSPS) is 10.1. The Hall–Kier alpha value is -2.96. The Morgan fingerprint density at radius 1 is 1.29 bits per heavy atom. The lowest BCUT2D eigenvalue weighted by Crippen LogP contribution is -2.14. The van der Waals surface area contributed by atoms with E-state index in [0.29, 0.717) is 5.56 Å². The van der Waals surface area contributed by atoms with E-state index in [4.69, 9.17) is 0 Å². The minimum absolute atomic E-state index is 0.0643. The van der Waals surface area contributed by atoms with Crippen molar-refractivity contribution in [3.63, 3.8) is 0 Å². The Kier molecular flexibility index (Phi) is 4.13. The average molecular weight is 290 g/mol. The molecule has 0 aliphatic rings. The molecule has 0 aliphatic heterocycles. The van der Waals surface area contributed by atoms with E-state index >= 15 is 0 Å². The second-order valence-corrected chi connectivity index (χ2v) is 4.31. The highest BCUT2D eigenvalue weighted by Crippen LogP contribution is 2.27. The number of carbonyl (C=O) groups is 1. The van der Waals surface area contributed by atoms with Crippen LogP contribution >= 0.6 is 0 Å². The highest BCUT2D eigenvalue weighted by molar-refractivity contribution is 5.94. The predicted octanol–water partition coefficient (Wildman–Crippen LogP) is 2.62. The summed E-state index contributed by atoms with van der Waals surface area (Å²) in [6, 6.07) is 8.83. The summed E-state index contributed by atoms with van der Waals surface area (Å²) in [6.07, 6.45) is -0.111. The molecule has 0 radical (unpaired) electrons. The third-order valence-corrected chi connectivity index (χ3v) is 2.72. The van der Waals surface area contributed by atoms with Gasteiger partial charge in [0.25, 0.3) is 5.69 Å². The molecule has 6 nitrogen and oxygen atoms in total. The summed E-state index contributed by atoms with van der Waals surface area (Å²) in [5.41, 5.74) is 0.136. The third-order valence-electron chi connectivity index (χ3n) is 2.72. The van der Waals surface area contributed by atoms with Crippen molar-refractivity contribution in [2.24, 2.45) is 0 Å². The number of anilines is 1. The molecule has 21 heavy (non-hydrogen) atoms. The molecule has 2 rings (SSSR count). The summed E-state index contributed by atoms with van der Waals surface area (Å²) >= 11 is 0. The number of hydrogen-bond donors (Lipinski definition) is 2. The number of carbonyl (C=O) groups excluding carboxylic acids is 1. The van der Waals surface area contributed by atoms with Crippen LogP contribution in [0.3, 0.4) is 0 Å². The predicted molar refractivity (Wildman–Crippen MR) is 73.5 cm³/mol. The highest BCUT2D eigenvalue weighted by Gasteiger charge is 2.13. The number of hydrogen-bond acceptors (Lipinski definition) is 4. The summed E-state index contributed by atoms with van der Waals surface area (Å²) in [5, 5.41) is 22.6. The van der Waals surface area contributed by atoms with E-state index in [0.717, 1.165) is 18.2 Å². The van der Waals surface area contributed by atoms with Crippen LogP contribution in [0.5, 0.6) is 5.75 Å². The van der Waals surface area contributed by atoms with E-state index in [1.165, 1.54) is 18.2 Å². The van der Waals surface area contributed by atoms with Crippen molar-refractivity contribution < 1.29 is 19.2 Å². The van der Waals surface area contributed by atoms with Crippen molar-refractivity contribution in [3.8, 4) is 5.75 Å².